The van der Waals surface area contributed by atoms with Crippen molar-refractivity contribution >= 4 is 40.7 Å². The van der Waals surface area contributed by atoms with E-state index in [1.807, 2.05) is 30.3 Å². The van der Waals surface area contributed by atoms with E-state index in [2.05, 4.69) is 57.8 Å². The van der Waals surface area contributed by atoms with Crippen molar-refractivity contribution in [2.45, 2.75) is 38.1 Å². The summed E-state index contributed by atoms with van der Waals surface area (Å²) >= 11 is 0. The zero-order chi connectivity index (χ0) is 21.0. The number of aliphatic imine (C=N–C) groups is 1. The van der Waals surface area contributed by atoms with Gasteiger partial charge in [0.05, 0.1) is 6.54 Å². The molecule has 0 bridgehead atoms. The quantitative estimate of drug-likeness (QED) is 0.282. The highest BCUT2D eigenvalue weighted by molar-refractivity contribution is 14.0. The summed E-state index contributed by atoms with van der Waals surface area (Å²) in [6.07, 6.45) is 2.33. The lowest BCUT2D eigenvalue weighted by Crippen LogP contribution is -2.51. The molecule has 2 aromatic rings. The molecule has 31 heavy (non-hydrogen) atoms. The van der Waals surface area contributed by atoms with E-state index in [-0.39, 0.29) is 24.0 Å². The average Bonchev–Trinajstić information content (AvgIpc) is 2.75. The van der Waals surface area contributed by atoms with E-state index < -0.39 is 10.8 Å². The van der Waals surface area contributed by atoms with Gasteiger partial charge < -0.3 is 10.6 Å². The smallest absolute Gasteiger partial charge is 0.191 e. The molecular weight excluding hydrogens is 519 g/mol. The average molecular weight is 555 g/mol. The van der Waals surface area contributed by atoms with Gasteiger partial charge >= 0.3 is 0 Å². The molecule has 170 valence electrons. The van der Waals surface area contributed by atoms with Crippen LogP contribution in [0, 0.1) is 0 Å². The summed E-state index contributed by atoms with van der Waals surface area (Å²) in [6.45, 7) is 6.60. The molecule has 7 heteroatoms. The first-order valence-corrected chi connectivity index (χ1v) is 12.4. The molecule has 1 heterocycles. The van der Waals surface area contributed by atoms with Gasteiger partial charge in [-0.3, -0.25) is 14.1 Å². The zero-order valence-corrected chi connectivity index (χ0v) is 21.5. The van der Waals surface area contributed by atoms with E-state index in [4.69, 9.17) is 0 Å². The number of rotatable bonds is 9. The van der Waals surface area contributed by atoms with Crippen LogP contribution in [-0.4, -0.2) is 53.0 Å². The fourth-order valence-electron chi connectivity index (χ4n) is 3.76. The molecule has 2 atom stereocenters. The molecule has 2 N–H and O–H groups in total. The first kappa shape index (κ1) is 25.8. The van der Waals surface area contributed by atoms with Crippen molar-refractivity contribution in [3.8, 4) is 0 Å². The van der Waals surface area contributed by atoms with Gasteiger partial charge in [-0.15, -0.1) is 24.0 Å². The molecule has 0 radical (unpaired) electrons. The predicted octanol–water partition coefficient (Wildman–Crippen LogP) is 3.77. The van der Waals surface area contributed by atoms with E-state index in [0.29, 0.717) is 24.1 Å². The number of hydrogen-bond donors (Lipinski definition) is 2. The highest BCUT2D eigenvalue weighted by Gasteiger charge is 2.20. The number of guanidine groups is 1. The minimum atomic E-state index is -0.897. The summed E-state index contributed by atoms with van der Waals surface area (Å²) in [5, 5.41) is 6.93. The Kier molecular flexibility index (Phi) is 12.1. The van der Waals surface area contributed by atoms with Crippen LogP contribution in [0.2, 0.25) is 0 Å². The molecule has 0 aromatic heterocycles. The summed E-state index contributed by atoms with van der Waals surface area (Å²) < 4.78 is 12.4. The van der Waals surface area contributed by atoms with Crippen molar-refractivity contribution in [2.75, 3.05) is 31.9 Å². The monoisotopic (exact) mass is 554 g/mol. The third kappa shape index (κ3) is 9.70. The lowest BCUT2D eigenvalue weighted by atomic mass is 10.0. The van der Waals surface area contributed by atoms with Crippen LogP contribution in [0.25, 0.3) is 0 Å². The topological polar surface area (TPSA) is 56.7 Å². The molecule has 1 aliphatic rings. The van der Waals surface area contributed by atoms with Crippen LogP contribution in [0.5, 0.6) is 0 Å². The van der Waals surface area contributed by atoms with Crippen molar-refractivity contribution < 1.29 is 4.21 Å². The third-order valence-corrected chi connectivity index (χ3v) is 6.49. The minimum Gasteiger partial charge on any atom is -0.357 e. The van der Waals surface area contributed by atoms with E-state index >= 15 is 0 Å². The summed E-state index contributed by atoms with van der Waals surface area (Å²) in [4.78, 5) is 7.19. The molecule has 1 fully saturated rings. The van der Waals surface area contributed by atoms with Gasteiger partial charge in [-0.05, 0) is 37.4 Å². The van der Waals surface area contributed by atoms with Crippen LogP contribution in [0.4, 0.5) is 0 Å². The summed E-state index contributed by atoms with van der Waals surface area (Å²) in [5.74, 6) is 2.01. The lowest BCUT2D eigenvalue weighted by molar-refractivity contribution is 0.192. The van der Waals surface area contributed by atoms with Crippen molar-refractivity contribution in [3.05, 3.63) is 71.8 Å². The summed E-state index contributed by atoms with van der Waals surface area (Å²) in [6, 6.07) is 21.1. The Balaban J connectivity index is 0.00000341. The Morgan fingerprint density at radius 2 is 1.77 bits per heavy atom. The summed E-state index contributed by atoms with van der Waals surface area (Å²) in [5.41, 5.74) is 2.48. The van der Waals surface area contributed by atoms with E-state index in [9.17, 15) is 4.21 Å². The molecule has 2 aromatic carbocycles. The van der Waals surface area contributed by atoms with Gasteiger partial charge in [0.25, 0.3) is 0 Å². The van der Waals surface area contributed by atoms with Gasteiger partial charge in [0.15, 0.2) is 5.96 Å². The highest BCUT2D eigenvalue weighted by atomic mass is 127. The second kappa shape index (κ2) is 14.6. The van der Waals surface area contributed by atoms with E-state index in [1.165, 1.54) is 12.0 Å². The fraction of sp³-hybridized carbons (Fsp3) is 0.458. The first-order chi connectivity index (χ1) is 14.7. The normalized spacial score (nSPS) is 18.1. The molecule has 2 unspecified atom stereocenters. The number of nitrogens with zero attached hydrogens (tertiary/aromatic N) is 2. The summed E-state index contributed by atoms with van der Waals surface area (Å²) in [7, 11) is -0.897. The van der Waals surface area contributed by atoms with Crippen LogP contribution in [-0.2, 0) is 23.1 Å². The van der Waals surface area contributed by atoms with Gasteiger partial charge in [-0.1, -0.05) is 60.7 Å². The van der Waals surface area contributed by atoms with Gasteiger partial charge in [0.2, 0.25) is 0 Å². The van der Waals surface area contributed by atoms with Gasteiger partial charge in [0, 0.05) is 48.0 Å². The van der Waals surface area contributed by atoms with Crippen LogP contribution < -0.4 is 10.6 Å². The Morgan fingerprint density at radius 3 is 2.45 bits per heavy atom. The lowest BCUT2D eigenvalue weighted by Gasteiger charge is -2.34. The van der Waals surface area contributed by atoms with Crippen LogP contribution in [0.15, 0.2) is 65.7 Å². The number of nitrogens with one attached hydrogen (secondary N) is 2. The Morgan fingerprint density at radius 1 is 1.10 bits per heavy atom. The van der Waals surface area contributed by atoms with Gasteiger partial charge in [0.1, 0.15) is 0 Å². The standard InChI is InChI=1S/C24H34N4OS.HI/c1-2-25-24(26-15-17-30(29)20-22-12-7-4-8-13-22)27-23-14-9-16-28(19-23)18-21-10-5-3-6-11-21;/h3-8,10-13,23H,2,9,14-20H2,1H3,(H2,25,26,27);1H. The molecule has 0 amide bonds. The minimum absolute atomic E-state index is 0. The second-order valence-corrected chi connectivity index (χ2v) is 9.32. The number of benzene rings is 2. The maximum Gasteiger partial charge on any atom is 0.191 e. The Hall–Kier alpha value is -1.45. The van der Waals surface area contributed by atoms with Crippen LogP contribution in [0.1, 0.15) is 30.9 Å². The van der Waals surface area contributed by atoms with Gasteiger partial charge in [-0.2, -0.15) is 0 Å². The SMILES string of the molecule is CCNC(=NCCS(=O)Cc1ccccc1)NC1CCCN(Cc2ccccc2)C1.I. The van der Waals surface area contributed by atoms with Crippen molar-refractivity contribution in [1.82, 2.24) is 15.5 Å². The molecule has 1 saturated heterocycles. The first-order valence-electron chi connectivity index (χ1n) is 10.9. The molecule has 1 aliphatic heterocycles. The van der Waals surface area contributed by atoms with Gasteiger partial charge in [-0.25, -0.2) is 0 Å². The van der Waals surface area contributed by atoms with Crippen LogP contribution in [0.3, 0.4) is 0 Å². The molecule has 3 rings (SSSR count). The highest BCUT2D eigenvalue weighted by Crippen LogP contribution is 2.13. The molecular formula is C24H35IN4OS. The van der Waals surface area contributed by atoms with Crippen molar-refractivity contribution in [3.63, 3.8) is 0 Å². The molecule has 0 aliphatic carbocycles. The molecule has 5 nitrogen and oxygen atoms in total. The second-order valence-electron chi connectivity index (χ2n) is 7.74. The molecule has 0 saturated carbocycles. The predicted molar refractivity (Wildman–Crippen MR) is 142 cm³/mol. The number of hydrogen-bond acceptors (Lipinski definition) is 3. The third-order valence-electron chi connectivity index (χ3n) is 5.20. The fourth-order valence-corrected chi connectivity index (χ4v) is 4.77. The van der Waals surface area contributed by atoms with Crippen molar-refractivity contribution in [2.24, 2.45) is 4.99 Å². The zero-order valence-electron chi connectivity index (χ0n) is 18.3. The number of halogens is 1. The maximum absolute atomic E-state index is 12.4. The number of piperidine rings is 1. The number of likely N-dealkylation sites (tertiary alicyclic amines) is 1. The van der Waals surface area contributed by atoms with E-state index in [0.717, 1.165) is 44.1 Å². The van der Waals surface area contributed by atoms with Crippen LogP contribution >= 0.6 is 24.0 Å². The Labute approximate surface area is 206 Å². The van der Waals surface area contributed by atoms with Crippen molar-refractivity contribution in [1.29, 1.82) is 0 Å². The molecule has 0 spiro atoms. The maximum atomic E-state index is 12.4. The largest absolute Gasteiger partial charge is 0.357 e. The van der Waals surface area contributed by atoms with E-state index in [1.54, 1.807) is 0 Å². The Bertz CT molecular complexity index is 804.